The van der Waals surface area contributed by atoms with Crippen molar-refractivity contribution in [1.29, 1.82) is 0 Å². The highest BCUT2D eigenvalue weighted by atomic mass is 15.1. The summed E-state index contributed by atoms with van der Waals surface area (Å²) in [5.41, 5.74) is 2.85. The lowest BCUT2D eigenvalue weighted by Gasteiger charge is -2.32. The molecule has 106 valence electrons. The molecular weight excluding hydrogens is 232 g/mol. The molecule has 0 aromatic heterocycles. The second-order valence-corrected chi connectivity index (χ2v) is 5.81. The monoisotopic (exact) mass is 260 g/mol. The van der Waals surface area contributed by atoms with E-state index >= 15 is 0 Å². The van der Waals surface area contributed by atoms with Crippen molar-refractivity contribution in [3.8, 4) is 0 Å². The van der Waals surface area contributed by atoms with E-state index in [0.717, 1.165) is 6.04 Å². The van der Waals surface area contributed by atoms with Crippen LogP contribution in [0.5, 0.6) is 0 Å². The van der Waals surface area contributed by atoms with Crippen LogP contribution in [0.1, 0.15) is 37.3 Å². The van der Waals surface area contributed by atoms with E-state index in [0.29, 0.717) is 0 Å². The zero-order valence-electron chi connectivity index (χ0n) is 12.5. The first-order chi connectivity index (χ1) is 9.28. The lowest BCUT2D eigenvalue weighted by Crippen LogP contribution is -2.43. The van der Waals surface area contributed by atoms with E-state index in [1.165, 1.54) is 63.0 Å². The van der Waals surface area contributed by atoms with Gasteiger partial charge >= 0.3 is 0 Å². The summed E-state index contributed by atoms with van der Waals surface area (Å²) in [5.74, 6) is 0. The third-order valence-electron chi connectivity index (χ3n) is 4.07. The van der Waals surface area contributed by atoms with Gasteiger partial charge in [0.25, 0.3) is 0 Å². The average Bonchev–Trinajstić information content (AvgIpc) is 2.44. The predicted octanol–water partition coefficient (Wildman–Crippen LogP) is 3.00. The maximum atomic E-state index is 3.65. The van der Waals surface area contributed by atoms with Gasteiger partial charge in [0.2, 0.25) is 0 Å². The second kappa shape index (κ2) is 7.66. The predicted molar refractivity (Wildman–Crippen MR) is 82.6 cm³/mol. The number of aryl methyl sites for hydroxylation is 1. The number of nitrogens with one attached hydrogen (secondary N) is 1. The number of hydrogen-bond donors (Lipinski definition) is 1. The summed E-state index contributed by atoms with van der Waals surface area (Å²) in [4.78, 5) is 2.62. The topological polar surface area (TPSA) is 15.3 Å². The first-order valence-electron chi connectivity index (χ1n) is 7.79. The first-order valence-corrected chi connectivity index (χ1v) is 7.79. The molecule has 2 rings (SSSR count). The average molecular weight is 260 g/mol. The van der Waals surface area contributed by atoms with Crippen LogP contribution in [-0.2, 0) is 6.42 Å². The van der Waals surface area contributed by atoms with Crippen LogP contribution in [0.25, 0.3) is 0 Å². The molecule has 0 aliphatic carbocycles. The molecule has 1 aromatic carbocycles. The summed E-state index contributed by atoms with van der Waals surface area (Å²) in [7, 11) is 0. The molecule has 1 aromatic rings. The number of hydrogen-bond acceptors (Lipinski definition) is 2. The molecule has 2 heteroatoms. The van der Waals surface area contributed by atoms with Crippen LogP contribution in [0.2, 0.25) is 0 Å². The third-order valence-corrected chi connectivity index (χ3v) is 4.07. The largest absolute Gasteiger partial charge is 0.314 e. The van der Waals surface area contributed by atoms with E-state index in [1.54, 1.807) is 0 Å². The van der Waals surface area contributed by atoms with E-state index < -0.39 is 0 Å². The molecule has 0 spiro atoms. The molecule has 2 nitrogen and oxygen atoms in total. The van der Waals surface area contributed by atoms with E-state index in [9.17, 15) is 0 Å². The smallest absolute Gasteiger partial charge is 0.00914 e. The number of piperidine rings is 1. The Morgan fingerprint density at radius 1 is 1.26 bits per heavy atom. The minimum Gasteiger partial charge on any atom is -0.314 e. The van der Waals surface area contributed by atoms with Crippen LogP contribution in [-0.4, -0.2) is 37.1 Å². The molecule has 0 atom stereocenters. The third kappa shape index (κ3) is 4.96. The van der Waals surface area contributed by atoms with Crippen molar-refractivity contribution in [3.05, 3.63) is 35.4 Å². The molecular formula is C17H28N2. The van der Waals surface area contributed by atoms with Gasteiger partial charge in [-0.15, -0.1) is 0 Å². The Labute approximate surface area is 118 Å². The minimum absolute atomic E-state index is 0.759. The molecule has 1 heterocycles. The van der Waals surface area contributed by atoms with Crippen molar-refractivity contribution < 1.29 is 0 Å². The van der Waals surface area contributed by atoms with Gasteiger partial charge in [-0.3, -0.25) is 0 Å². The summed E-state index contributed by atoms with van der Waals surface area (Å²) in [6, 6.07) is 9.67. The molecule has 0 saturated carbocycles. The van der Waals surface area contributed by atoms with E-state index in [-0.39, 0.29) is 0 Å². The summed E-state index contributed by atoms with van der Waals surface area (Å²) in [5, 5.41) is 3.65. The zero-order valence-corrected chi connectivity index (χ0v) is 12.5. The number of nitrogens with zero attached hydrogens (tertiary/aromatic N) is 1. The van der Waals surface area contributed by atoms with Gasteiger partial charge in [-0.1, -0.05) is 36.8 Å². The number of rotatable bonds is 6. The molecule has 1 aliphatic rings. The highest BCUT2D eigenvalue weighted by Gasteiger charge is 2.17. The second-order valence-electron chi connectivity index (χ2n) is 5.81. The Morgan fingerprint density at radius 3 is 2.74 bits per heavy atom. The van der Waals surface area contributed by atoms with Crippen molar-refractivity contribution in [3.63, 3.8) is 0 Å². The van der Waals surface area contributed by atoms with Crippen LogP contribution in [0.15, 0.2) is 24.3 Å². The molecule has 1 fully saturated rings. The van der Waals surface area contributed by atoms with Gasteiger partial charge in [-0.05, 0) is 57.8 Å². The van der Waals surface area contributed by atoms with Gasteiger partial charge < -0.3 is 10.2 Å². The molecule has 1 aliphatic heterocycles. The SMILES string of the molecule is CCCNC1CCN(CCc2cccc(C)c2)CC1. The molecule has 0 radical (unpaired) electrons. The summed E-state index contributed by atoms with van der Waals surface area (Å²) < 4.78 is 0. The van der Waals surface area contributed by atoms with Crippen LogP contribution in [0, 0.1) is 6.92 Å². The van der Waals surface area contributed by atoms with E-state index in [4.69, 9.17) is 0 Å². The van der Waals surface area contributed by atoms with Crippen molar-refractivity contribution >= 4 is 0 Å². The van der Waals surface area contributed by atoms with Crippen molar-refractivity contribution in [1.82, 2.24) is 10.2 Å². The maximum absolute atomic E-state index is 3.65. The van der Waals surface area contributed by atoms with E-state index in [1.807, 2.05) is 0 Å². The molecule has 19 heavy (non-hydrogen) atoms. The van der Waals surface area contributed by atoms with Crippen LogP contribution in [0.4, 0.5) is 0 Å². The van der Waals surface area contributed by atoms with Gasteiger partial charge in [-0.2, -0.15) is 0 Å². The van der Waals surface area contributed by atoms with Crippen LogP contribution >= 0.6 is 0 Å². The molecule has 0 amide bonds. The quantitative estimate of drug-likeness (QED) is 0.846. The van der Waals surface area contributed by atoms with Crippen molar-refractivity contribution in [2.75, 3.05) is 26.2 Å². The fraction of sp³-hybridized carbons (Fsp3) is 0.647. The van der Waals surface area contributed by atoms with Gasteiger partial charge in [-0.25, -0.2) is 0 Å². The fourth-order valence-corrected chi connectivity index (χ4v) is 2.86. The van der Waals surface area contributed by atoms with Gasteiger partial charge in [0.05, 0.1) is 0 Å². The Morgan fingerprint density at radius 2 is 2.05 bits per heavy atom. The van der Waals surface area contributed by atoms with Gasteiger partial charge in [0.15, 0.2) is 0 Å². The molecule has 0 unspecified atom stereocenters. The highest BCUT2D eigenvalue weighted by Crippen LogP contribution is 2.12. The standard InChI is InChI=1S/C17H28N2/c1-3-10-18-17-8-12-19(13-9-17)11-7-16-6-4-5-15(2)14-16/h4-6,14,17-18H,3,7-13H2,1-2H3. The number of benzene rings is 1. The molecule has 1 N–H and O–H groups in total. The zero-order chi connectivity index (χ0) is 13.5. The van der Waals surface area contributed by atoms with Gasteiger partial charge in [0.1, 0.15) is 0 Å². The number of likely N-dealkylation sites (tertiary alicyclic amines) is 1. The van der Waals surface area contributed by atoms with Crippen LogP contribution < -0.4 is 5.32 Å². The summed E-state index contributed by atoms with van der Waals surface area (Å²) >= 11 is 0. The molecule has 1 saturated heterocycles. The van der Waals surface area contributed by atoms with Crippen LogP contribution in [0.3, 0.4) is 0 Å². The molecule has 0 bridgehead atoms. The Bertz CT molecular complexity index is 367. The Hall–Kier alpha value is -0.860. The Balaban J connectivity index is 1.68. The first kappa shape index (κ1) is 14.5. The van der Waals surface area contributed by atoms with E-state index in [2.05, 4.69) is 48.3 Å². The lowest BCUT2D eigenvalue weighted by atomic mass is 10.0. The highest BCUT2D eigenvalue weighted by molar-refractivity contribution is 5.22. The minimum atomic E-state index is 0.759. The van der Waals surface area contributed by atoms with Gasteiger partial charge in [0, 0.05) is 12.6 Å². The fourth-order valence-electron chi connectivity index (χ4n) is 2.86. The Kier molecular flexibility index (Phi) is 5.87. The van der Waals surface area contributed by atoms with Crippen molar-refractivity contribution in [2.24, 2.45) is 0 Å². The van der Waals surface area contributed by atoms with Crippen molar-refractivity contribution in [2.45, 2.75) is 45.6 Å². The summed E-state index contributed by atoms with van der Waals surface area (Å²) in [6.45, 7) is 9.32. The lowest BCUT2D eigenvalue weighted by molar-refractivity contribution is 0.200. The normalized spacial score (nSPS) is 17.8. The summed E-state index contributed by atoms with van der Waals surface area (Å²) in [6.07, 6.45) is 5.06. The maximum Gasteiger partial charge on any atom is 0.00914 e.